The number of amides is 2. The van der Waals surface area contributed by atoms with E-state index in [0.717, 1.165) is 49.7 Å². The Balaban J connectivity index is 1.43. The Morgan fingerprint density at radius 3 is 1.34 bits per heavy atom. The molecule has 0 aliphatic heterocycles. The fourth-order valence-electron chi connectivity index (χ4n) is 2.87. The lowest BCUT2D eigenvalue weighted by molar-refractivity contribution is -0.122. The van der Waals surface area contributed by atoms with Crippen LogP contribution in [0.25, 0.3) is 0 Å². The molecule has 0 fully saturated rings. The SMILES string of the molecule is O=C(CCCCCCCCC(=O)NN=Cc1ccc(O)cc1)NN=Cc1ccc(O)cc1. The average molecular weight is 439 g/mol. The summed E-state index contributed by atoms with van der Waals surface area (Å²) in [5, 5.41) is 26.2. The molecule has 2 aromatic rings. The molecule has 8 nitrogen and oxygen atoms in total. The highest BCUT2D eigenvalue weighted by atomic mass is 16.3. The minimum absolute atomic E-state index is 0.121. The van der Waals surface area contributed by atoms with Crippen LogP contribution in [-0.4, -0.2) is 34.5 Å². The summed E-state index contributed by atoms with van der Waals surface area (Å²) in [7, 11) is 0. The van der Waals surface area contributed by atoms with Crippen LogP contribution in [0.3, 0.4) is 0 Å². The van der Waals surface area contributed by atoms with E-state index in [9.17, 15) is 19.8 Å². The molecule has 170 valence electrons. The first-order valence-corrected chi connectivity index (χ1v) is 10.7. The number of carbonyl (C=O) groups excluding carboxylic acids is 2. The fourth-order valence-corrected chi connectivity index (χ4v) is 2.87. The Morgan fingerprint density at radius 2 is 0.969 bits per heavy atom. The molecule has 0 atom stereocenters. The van der Waals surface area contributed by atoms with E-state index >= 15 is 0 Å². The second-order valence-electron chi connectivity index (χ2n) is 7.39. The van der Waals surface area contributed by atoms with E-state index in [4.69, 9.17) is 0 Å². The largest absolute Gasteiger partial charge is 0.508 e. The van der Waals surface area contributed by atoms with E-state index in [1.54, 1.807) is 48.5 Å². The van der Waals surface area contributed by atoms with Crippen molar-refractivity contribution in [3.8, 4) is 11.5 Å². The maximum Gasteiger partial charge on any atom is 0.240 e. The van der Waals surface area contributed by atoms with Crippen LogP contribution in [0.1, 0.15) is 62.5 Å². The van der Waals surface area contributed by atoms with Crippen molar-refractivity contribution in [2.75, 3.05) is 0 Å². The van der Waals surface area contributed by atoms with Gasteiger partial charge in [-0.15, -0.1) is 0 Å². The topological polar surface area (TPSA) is 123 Å². The standard InChI is InChI=1S/C24H30N4O4/c29-21-13-9-19(10-14-21)17-25-27-23(31)7-5-3-1-2-4-6-8-24(32)28-26-18-20-11-15-22(30)16-12-20/h9-18,29-30H,1-8H2,(H,27,31)(H,28,32). The van der Waals surface area contributed by atoms with Gasteiger partial charge < -0.3 is 10.2 Å². The number of nitrogens with zero attached hydrogens (tertiary/aromatic N) is 2. The molecular weight excluding hydrogens is 408 g/mol. The number of hydrazone groups is 2. The number of phenolic OH excluding ortho intramolecular Hbond substituents is 2. The van der Waals surface area contributed by atoms with Crippen molar-refractivity contribution in [2.24, 2.45) is 10.2 Å². The Kier molecular flexibility index (Phi) is 11.0. The van der Waals surface area contributed by atoms with Crippen molar-refractivity contribution in [3.63, 3.8) is 0 Å². The lowest BCUT2D eigenvalue weighted by Crippen LogP contribution is -2.17. The predicted molar refractivity (Wildman–Crippen MR) is 125 cm³/mol. The van der Waals surface area contributed by atoms with E-state index in [2.05, 4.69) is 21.1 Å². The fraction of sp³-hybridized carbons (Fsp3) is 0.333. The molecule has 2 rings (SSSR count). The number of hydrogen-bond acceptors (Lipinski definition) is 6. The summed E-state index contributed by atoms with van der Waals surface area (Å²) in [4.78, 5) is 23.5. The molecule has 0 aliphatic rings. The van der Waals surface area contributed by atoms with Crippen molar-refractivity contribution < 1.29 is 19.8 Å². The number of aromatic hydroxyl groups is 2. The molecule has 0 heterocycles. The quantitative estimate of drug-likeness (QED) is 0.216. The van der Waals surface area contributed by atoms with Crippen LogP contribution in [0.5, 0.6) is 11.5 Å². The summed E-state index contributed by atoms with van der Waals surface area (Å²) in [6.07, 6.45) is 9.47. The summed E-state index contributed by atoms with van der Waals surface area (Å²) in [5.74, 6) is 0.130. The maximum absolute atomic E-state index is 11.8. The Hall–Kier alpha value is -3.68. The second kappa shape index (κ2) is 14.3. The summed E-state index contributed by atoms with van der Waals surface area (Å²) in [6, 6.07) is 13.1. The minimum atomic E-state index is -0.121. The van der Waals surface area contributed by atoms with Gasteiger partial charge in [-0.05, 0) is 72.5 Å². The van der Waals surface area contributed by atoms with Gasteiger partial charge in [-0.1, -0.05) is 25.7 Å². The molecule has 0 unspecified atom stereocenters. The molecule has 0 radical (unpaired) electrons. The average Bonchev–Trinajstić information content (AvgIpc) is 2.78. The number of rotatable bonds is 13. The van der Waals surface area contributed by atoms with Gasteiger partial charge in [0, 0.05) is 12.8 Å². The van der Waals surface area contributed by atoms with Crippen LogP contribution in [-0.2, 0) is 9.59 Å². The minimum Gasteiger partial charge on any atom is -0.508 e. The zero-order chi connectivity index (χ0) is 23.0. The van der Waals surface area contributed by atoms with Crippen molar-refractivity contribution in [1.82, 2.24) is 10.9 Å². The Morgan fingerprint density at radius 1 is 0.625 bits per heavy atom. The van der Waals surface area contributed by atoms with Crippen LogP contribution >= 0.6 is 0 Å². The summed E-state index contributed by atoms with van der Waals surface area (Å²) < 4.78 is 0. The van der Waals surface area contributed by atoms with Gasteiger partial charge in [0.1, 0.15) is 11.5 Å². The zero-order valence-electron chi connectivity index (χ0n) is 18.0. The predicted octanol–water partition coefficient (Wildman–Crippen LogP) is 3.82. The monoisotopic (exact) mass is 438 g/mol. The van der Waals surface area contributed by atoms with E-state index in [-0.39, 0.29) is 23.3 Å². The summed E-state index contributed by atoms with van der Waals surface area (Å²) in [5.41, 5.74) is 6.59. The summed E-state index contributed by atoms with van der Waals surface area (Å²) in [6.45, 7) is 0. The highest BCUT2D eigenvalue weighted by molar-refractivity contribution is 5.83. The maximum atomic E-state index is 11.8. The number of unbranched alkanes of at least 4 members (excludes halogenated alkanes) is 5. The molecule has 4 N–H and O–H groups in total. The van der Waals surface area contributed by atoms with Gasteiger partial charge in [-0.3, -0.25) is 9.59 Å². The highest BCUT2D eigenvalue weighted by Gasteiger charge is 2.01. The molecule has 32 heavy (non-hydrogen) atoms. The van der Waals surface area contributed by atoms with Crippen LogP contribution in [0.4, 0.5) is 0 Å². The van der Waals surface area contributed by atoms with Crippen molar-refractivity contribution in [2.45, 2.75) is 51.4 Å². The molecule has 8 heteroatoms. The number of nitrogens with one attached hydrogen (secondary N) is 2. The molecule has 0 saturated heterocycles. The molecular formula is C24H30N4O4. The third-order valence-corrected chi connectivity index (χ3v) is 4.65. The van der Waals surface area contributed by atoms with Crippen molar-refractivity contribution in [3.05, 3.63) is 59.7 Å². The van der Waals surface area contributed by atoms with E-state index in [0.29, 0.717) is 12.8 Å². The van der Waals surface area contributed by atoms with Gasteiger partial charge in [0.15, 0.2) is 0 Å². The third-order valence-electron chi connectivity index (χ3n) is 4.65. The lowest BCUT2D eigenvalue weighted by Gasteiger charge is -2.02. The zero-order valence-corrected chi connectivity index (χ0v) is 18.0. The van der Waals surface area contributed by atoms with Crippen LogP contribution in [0.15, 0.2) is 58.7 Å². The number of benzene rings is 2. The molecule has 2 aromatic carbocycles. The first-order valence-electron chi connectivity index (χ1n) is 10.7. The van der Waals surface area contributed by atoms with E-state index in [1.807, 2.05) is 0 Å². The molecule has 0 spiro atoms. The number of carbonyl (C=O) groups is 2. The smallest absolute Gasteiger partial charge is 0.240 e. The number of hydrogen-bond donors (Lipinski definition) is 4. The van der Waals surface area contributed by atoms with Crippen molar-refractivity contribution in [1.29, 1.82) is 0 Å². The van der Waals surface area contributed by atoms with Crippen LogP contribution in [0.2, 0.25) is 0 Å². The molecule has 2 amide bonds. The second-order valence-corrected chi connectivity index (χ2v) is 7.39. The normalized spacial score (nSPS) is 11.1. The summed E-state index contributed by atoms with van der Waals surface area (Å²) >= 11 is 0. The highest BCUT2D eigenvalue weighted by Crippen LogP contribution is 2.10. The van der Waals surface area contributed by atoms with Gasteiger partial charge in [-0.25, -0.2) is 10.9 Å². The van der Waals surface area contributed by atoms with E-state index in [1.165, 1.54) is 12.4 Å². The molecule has 0 aromatic heterocycles. The van der Waals surface area contributed by atoms with E-state index < -0.39 is 0 Å². The van der Waals surface area contributed by atoms with Gasteiger partial charge in [0.05, 0.1) is 12.4 Å². The van der Waals surface area contributed by atoms with Gasteiger partial charge in [-0.2, -0.15) is 10.2 Å². The lowest BCUT2D eigenvalue weighted by atomic mass is 10.1. The first kappa shape index (κ1) is 24.6. The first-order chi connectivity index (χ1) is 15.5. The Bertz CT molecular complexity index is 818. The molecule has 0 saturated carbocycles. The van der Waals surface area contributed by atoms with Gasteiger partial charge in [0.2, 0.25) is 11.8 Å². The molecule has 0 aliphatic carbocycles. The van der Waals surface area contributed by atoms with Crippen LogP contribution in [0, 0.1) is 0 Å². The van der Waals surface area contributed by atoms with Gasteiger partial charge in [0.25, 0.3) is 0 Å². The van der Waals surface area contributed by atoms with Crippen LogP contribution < -0.4 is 10.9 Å². The number of phenols is 2. The molecule has 0 bridgehead atoms. The Labute approximate surface area is 188 Å². The van der Waals surface area contributed by atoms with Crippen molar-refractivity contribution >= 4 is 24.2 Å². The third kappa shape index (κ3) is 10.9. The van der Waals surface area contributed by atoms with Gasteiger partial charge >= 0.3 is 0 Å².